The third-order valence-corrected chi connectivity index (χ3v) is 3.12. The van der Waals surface area contributed by atoms with Crippen LogP contribution in [0.4, 0.5) is 0 Å². The highest BCUT2D eigenvalue weighted by molar-refractivity contribution is 6.34. The molecule has 0 atom stereocenters. The fourth-order valence-electron chi connectivity index (χ4n) is 1.74. The third-order valence-electron chi connectivity index (χ3n) is 2.81. The van der Waals surface area contributed by atoms with E-state index in [-0.39, 0.29) is 5.78 Å². The number of halogens is 1. The lowest BCUT2D eigenvalue weighted by molar-refractivity contribution is 0.0988. The molecule has 19 heavy (non-hydrogen) atoms. The normalized spacial score (nSPS) is 10.2. The first kappa shape index (κ1) is 13.6. The van der Waals surface area contributed by atoms with Crippen LogP contribution in [-0.2, 0) is 6.61 Å². The van der Waals surface area contributed by atoms with Crippen molar-refractivity contribution in [2.45, 2.75) is 20.0 Å². The Hall–Kier alpha value is -1.80. The molecule has 0 aliphatic heterocycles. The molecule has 98 valence electrons. The molecule has 2 nitrogen and oxygen atoms in total. The number of ketones is 1. The van der Waals surface area contributed by atoms with E-state index in [9.17, 15) is 4.79 Å². The fraction of sp³-hybridized carbons (Fsp3) is 0.188. The molecule has 0 radical (unpaired) electrons. The Morgan fingerprint density at radius 1 is 1.16 bits per heavy atom. The number of carbonyl (C=O) groups is 1. The minimum absolute atomic E-state index is 0.0413. The number of rotatable bonds is 5. The third kappa shape index (κ3) is 3.58. The summed E-state index contributed by atoms with van der Waals surface area (Å²) in [5.74, 6) is 0.709. The van der Waals surface area contributed by atoms with E-state index in [0.717, 1.165) is 5.56 Å². The van der Waals surface area contributed by atoms with Gasteiger partial charge in [-0.3, -0.25) is 4.79 Å². The first-order valence-corrected chi connectivity index (χ1v) is 6.58. The van der Waals surface area contributed by atoms with Gasteiger partial charge in [-0.2, -0.15) is 0 Å². The summed E-state index contributed by atoms with van der Waals surface area (Å²) in [7, 11) is 0. The van der Waals surface area contributed by atoms with Gasteiger partial charge in [0.2, 0.25) is 0 Å². The molecular formula is C16H15ClO2. The van der Waals surface area contributed by atoms with E-state index in [1.165, 1.54) is 0 Å². The second-order valence-corrected chi connectivity index (χ2v) is 4.60. The Labute approximate surface area is 118 Å². The molecule has 2 rings (SSSR count). The Bertz CT molecular complexity index is 564. The van der Waals surface area contributed by atoms with E-state index in [2.05, 4.69) is 0 Å². The summed E-state index contributed by atoms with van der Waals surface area (Å²) in [6, 6.07) is 15.1. The number of hydrogen-bond donors (Lipinski definition) is 0. The van der Waals surface area contributed by atoms with Gasteiger partial charge in [0.05, 0.1) is 5.02 Å². The topological polar surface area (TPSA) is 26.3 Å². The highest BCUT2D eigenvalue weighted by Gasteiger charge is 2.09. The number of Topliss-reactive ketones (excluding diaryl/α,β-unsaturated/α-hetero) is 1. The van der Waals surface area contributed by atoms with Gasteiger partial charge in [-0.15, -0.1) is 0 Å². The molecular weight excluding hydrogens is 260 g/mol. The predicted octanol–water partition coefficient (Wildman–Crippen LogP) is 4.51. The molecule has 0 aliphatic carbocycles. The van der Waals surface area contributed by atoms with Crippen LogP contribution in [0.25, 0.3) is 0 Å². The van der Waals surface area contributed by atoms with E-state index in [1.807, 2.05) is 37.3 Å². The van der Waals surface area contributed by atoms with E-state index in [0.29, 0.717) is 29.4 Å². The molecule has 0 unspecified atom stereocenters. The standard InChI is InChI=1S/C16H15ClO2/c1-2-16(18)14-9-8-13(10-15(14)17)19-11-12-6-4-3-5-7-12/h3-10H,2,11H2,1H3. The zero-order valence-electron chi connectivity index (χ0n) is 10.7. The van der Waals surface area contributed by atoms with Gasteiger partial charge in [-0.05, 0) is 23.8 Å². The van der Waals surface area contributed by atoms with Crippen molar-refractivity contribution in [2.24, 2.45) is 0 Å². The van der Waals surface area contributed by atoms with Crippen molar-refractivity contribution in [3.05, 3.63) is 64.7 Å². The van der Waals surface area contributed by atoms with Gasteiger partial charge >= 0.3 is 0 Å². The summed E-state index contributed by atoms with van der Waals surface area (Å²) in [5, 5.41) is 0.442. The molecule has 0 saturated carbocycles. The zero-order valence-corrected chi connectivity index (χ0v) is 11.5. The van der Waals surface area contributed by atoms with Crippen LogP contribution in [0.15, 0.2) is 48.5 Å². The molecule has 0 spiro atoms. The summed E-state index contributed by atoms with van der Waals surface area (Å²) in [5.41, 5.74) is 1.64. The molecule has 0 N–H and O–H groups in total. The largest absolute Gasteiger partial charge is 0.489 e. The van der Waals surface area contributed by atoms with Crippen molar-refractivity contribution in [1.29, 1.82) is 0 Å². The molecule has 0 bridgehead atoms. The molecule has 2 aromatic rings. The smallest absolute Gasteiger partial charge is 0.164 e. The summed E-state index contributed by atoms with van der Waals surface area (Å²) in [4.78, 5) is 11.6. The lowest BCUT2D eigenvalue weighted by Gasteiger charge is -2.08. The minimum atomic E-state index is 0.0413. The van der Waals surface area contributed by atoms with Gasteiger partial charge in [0, 0.05) is 12.0 Å². The van der Waals surface area contributed by atoms with Crippen LogP contribution in [-0.4, -0.2) is 5.78 Å². The van der Waals surface area contributed by atoms with Crippen molar-refractivity contribution < 1.29 is 9.53 Å². The van der Waals surface area contributed by atoms with Crippen molar-refractivity contribution in [2.75, 3.05) is 0 Å². The van der Waals surface area contributed by atoms with Gasteiger partial charge < -0.3 is 4.74 Å². The van der Waals surface area contributed by atoms with Crippen LogP contribution in [0.1, 0.15) is 29.3 Å². The van der Waals surface area contributed by atoms with Crippen LogP contribution in [0.5, 0.6) is 5.75 Å². The fourth-order valence-corrected chi connectivity index (χ4v) is 2.02. The van der Waals surface area contributed by atoms with Crippen molar-refractivity contribution in [3.63, 3.8) is 0 Å². The van der Waals surface area contributed by atoms with Gasteiger partial charge in [-0.25, -0.2) is 0 Å². The lowest BCUT2D eigenvalue weighted by atomic mass is 10.1. The molecule has 0 aliphatic rings. The van der Waals surface area contributed by atoms with Crippen molar-refractivity contribution in [1.82, 2.24) is 0 Å². The molecule has 0 heterocycles. The van der Waals surface area contributed by atoms with Crippen LogP contribution < -0.4 is 4.74 Å². The minimum Gasteiger partial charge on any atom is -0.489 e. The van der Waals surface area contributed by atoms with Crippen molar-refractivity contribution >= 4 is 17.4 Å². The second kappa shape index (κ2) is 6.39. The SMILES string of the molecule is CCC(=O)c1ccc(OCc2ccccc2)cc1Cl. The number of hydrogen-bond acceptors (Lipinski definition) is 2. The summed E-state index contributed by atoms with van der Waals surface area (Å²) >= 11 is 6.08. The van der Waals surface area contributed by atoms with Crippen molar-refractivity contribution in [3.8, 4) is 5.75 Å². The monoisotopic (exact) mass is 274 g/mol. The van der Waals surface area contributed by atoms with Gasteiger partial charge in [0.1, 0.15) is 12.4 Å². The number of benzene rings is 2. The summed E-state index contributed by atoms with van der Waals surface area (Å²) < 4.78 is 5.65. The molecule has 0 fully saturated rings. The molecule has 3 heteroatoms. The Morgan fingerprint density at radius 2 is 1.89 bits per heavy atom. The highest BCUT2D eigenvalue weighted by atomic mass is 35.5. The first-order chi connectivity index (χ1) is 9.20. The van der Waals surface area contributed by atoms with E-state index in [4.69, 9.17) is 16.3 Å². The second-order valence-electron chi connectivity index (χ2n) is 4.19. The quantitative estimate of drug-likeness (QED) is 0.750. The number of carbonyl (C=O) groups excluding carboxylic acids is 1. The van der Waals surface area contributed by atoms with Crippen LogP contribution >= 0.6 is 11.6 Å². The van der Waals surface area contributed by atoms with E-state index < -0.39 is 0 Å². The number of ether oxygens (including phenoxy) is 1. The molecule has 0 aromatic heterocycles. The molecule has 2 aromatic carbocycles. The lowest BCUT2D eigenvalue weighted by Crippen LogP contribution is -1.99. The Balaban J connectivity index is 2.06. The zero-order chi connectivity index (χ0) is 13.7. The first-order valence-electron chi connectivity index (χ1n) is 6.20. The Morgan fingerprint density at radius 3 is 2.53 bits per heavy atom. The predicted molar refractivity (Wildman–Crippen MR) is 76.8 cm³/mol. The van der Waals surface area contributed by atoms with E-state index >= 15 is 0 Å². The Kier molecular flexibility index (Phi) is 4.58. The van der Waals surface area contributed by atoms with Crippen LogP contribution in [0.2, 0.25) is 5.02 Å². The van der Waals surface area contributed by atoms with E-state index in [1.54, 1.807) is 18.2 Å². The highest BCUT2D eigenvalue weighted by Crippen LogP contribution is 2.24. The average Bonchev–Trinajstić information content (AvgIpc) is 2.45. The maximum atomic E-state index is 11.6. The van der Waals surface area contributed by atoms with Crippen LogP contribution in [0.3, 0.4) is 0 Å². The maximum Gasteiger partial charge on any atom is 0.164 e. The summed E-state index contributed by atoms with van der Waals surface area (Å²) in [6.45, 7) is 2.30. The molecule has 0 saturated heterocycles. The summed E-state index contributed by atoms with van der Waals surface area (Å²) in [6.07, 6.45) is 0.448. The molecule has 0 amide bonds. The van der Waals surface area contributed by atoms with Gasteiger partial charge in [-0.1, -0.05) is 48.9 Å². The maximum absolute atomic E-state index is 11.6. The average molecular weight is 275 g/mol. The van der Waals surface area contributed by atoms with Crippen LogP contribution in [0, 0.1) is 0 Å². The van der Waals surface area contributed by atoms with Gasteiger partial charge in [0.15, 0.2) is 5.78 Å². The van der Waals surface area contributed by atoms with Gasteiger partial charge in [0.25, 0.3) is 0 Å².